The number of halogens is 2. The lowest BCUT2D eigenvalue weighted by Crippen LogP contribution is -2.20. The van der Waals surface area contributed by atoms with Crippen LogP contribution in [0.25, 0.3) is 0 Å². The maximum Gasteiger partial charge on any atom is 0.175 e. The summed E-state index contributed by atoms with van der Waals surface area (Å²) in [4.78, 5) is 0. The summed E-state index contributed by atoms with van der Waals surface area (Å²) in [6.45, 7) is 4.12. The van der Waals surface area contributed by atoms with Gasteiger partial charge in [-0.3, -0.25) is 0 Å². The Labute approximate surface area is 134 Å². The standard InChI is InChI=1S/C16H16ClFN2S/c1-3-11-6-4-5-10(2)15(11)20-16(21)19-12-7-8-14(18)13(17)9-12/h4-9H,3H2,1-2H3,(H2,19,20,21). The highest BCUT2D eigenvalue weighted by atomic mass is 35.5. The Morgan fingerprint density at radius 3 is 2.67 bits per heavy atom. The van der Waals surface area contributed by atoms with E-state index < -0.39 is 5.82 Å². The summed E-state index contributed by atoms with van der Waals surface area (Å²) in [6, 6.07) is 10.5. The number of rotatable bonds is 3. The van der Waals surface area contributed by atoms with Gasteiger partial charge in [-0.05, 0) is 54.9 Å². The highest BCUT2D eigenvalue weighted by Crippen LogP contribution is 2.22. The zero-order valence-electron chi connectivity index (χ0n) is 11.8. The van der Waals surface area contributed by atoms with Crippen LogP contribution in [0.3, 0.4) is 0 Å². The highest BCUT2D eigenvalue weighted by molar-refractivity contribution is 7.80. The van der Waals surface area contributed by atoms with Gasteiger partial charge in [-0.25, -0.2) is 4.39 Å². The molecule has 0 aliphatic heterocycles. The van der Waals surface area contributed by atoms with Gasteiger partial charge in [0.1, 0.15) is 5.82 Å². The van der Waals surface area contributed by atoms with Crippen molar-refractivity contribution in [3.63, 3.8) is 0 Å². The van der Waals surface area contributed by atoms with Crippen molar-refractivity contribution in [2.75, 3.05) is 10.6 Å². The van der Waals surface area contributed by atoms with Crippen molar-refractivity contribution in [1.82, 2.24) is 0 Å². The molecule has 0 heterocycles. The smallest absolute Gasteiger partial charge is 0.175 e. The van der Waals surface area contributed by atoms with Gasteiger partial charge in [-0.15, -0.1) is 0 Å². The molecule has 0 fully saturated rings. The molecule has 0 bridgehead atoms. The summed E-state index contributed by atoms with van der Waals surface area (Å²) in [5.74, 6) is -0.451. The fourth-order valence-corrected chi connectivity index (χ4v) is 2.45. The Morgan fingerprint density at radius 1 is 1.24 bits per heavy atom. The van der Waals surface area contributed by atoms with E-state index in [0.29, 0.717) is 10.8 Å². The summed E-state index contributed by atoms with van der Waals surface area (Å²) in [5.41, 5.74) is 3.96. The third-order valence-corrected chi connectivity index (χ3v) is 3.65. The molecule has 0 aliphatic rings. The molecule has 0 radical (unpaired) electrons. The van der Waals surface area contributed by atoms with Gasteiger partial charge in [0.15, 0.2) is 5.11 Å². The number of benzene rings is 2. The van der Waals surface area contributed by atoms with E-state index in [1.165, 1.54) is 17.7 Å². The molecule has 0 unspecified atom stereocenters. The zero-order chi connectivity index (χ0) is 15.4. The Balaban J connectivity index is 2.13. The molecule has 2 nitrogen and oxygen atoms in total. The molecule has 2 aromatic rings. The fraction of sp³-hybridized carbons (Fsp3) is 0.188. The van der Waals surface area contributed by atoms with Crippen LogP contribution >= 0.6 is 23.8 Å². The molecule has 0 saturated heterocycles. The molecule has 0 atom stereocenters. The summed E-state index contributed by atoms with van der Waals surface area (Å²) in [6.07, 6.45) is 0.912. The Hall–Kier alpha value is -1.65. The molecule has 2 aromatic carbocycles. The number of anilines is 2. The van der Waals surface area contributed by atoms with E-state index in [1.807, 2.05) is 19.1 Å². The van der Waals surface area contributed by atoms with Gasteiger partial charge >= 0.3 is 0 Å². The average Bonchev–Trinajstić information content (AvgIpc) is 2.45. The molecule has 2 N–H and O–H groups in total. The van der Waals surface area contributed by atoms with Gasteiger partial charge in [0.2, 0.25) is 0 Å². The van der Waals surface area contributed by atoms with Crippen LogP contribution in [0.4, 0.5) is 15.8 Å². The highest BCUT2D eigenvalue weighted by Gasteiger charge is 2.07. The van der Waals surface area contributed by atoms with Crippen molar-refractivity contribution in [3.05, 3.63) is 58.4 Å². The summed E-state index contributed by atoms with van der Waals surface area (Å²) < 4.78 is 13.1. The molecule has 0 spiro atoms. The molecule has 0 aliphatic carbocycles. The first-order valence-corrected chi connectivity index (χ1v) is 7.41. The van der Waals surface area contributed by atoms with Crippen LogP contribution in [0.5, 0.6) is 0 Å². The van der Waals surface area contributed by atoms with Crippen LogP contribution in [-0.4, -0.2) is 5.11 Å². The fourth-order valence-electron chi connectivity index (χ4n) is 2.05. The van der Waals surface area contributed by atoms with Crippen LogP contribution in [0.2, 0.25) is 5.02 Å². The van der Waals surface area contributed by atoms with E-state index in [0.717, 1.165) is 17.7 Å². The SMILES string of the molecule is CCc1cccc(C)c1NC(=S)Nc1ccc(F)c(Cl)c1. The maximum atomic E-state index is 13.1. The number of hydrogen-bond donors (Lipinski definition) is 2. The van der Waals surface area contributed by atoms with Gasteiger partial charge < -0.3 is 10.6 Å². The van der Waals surface area contributed by atoms with E-state index >= 15 is 0 Å². The predicted molar refractivity (Wildman–Crippen MR) is 91.8 cm³/mol. The normalized spacial score (nSPS) is 10.3. The molecular weight excluding hydrogens is 307 g/mol. The first-order valence-electron chi connectivity index (χ1n) is 6.62. The zero-order valence-corrected chi connectivity index (χ0v) is 13.4. The van der Waals surface area contributed by atoms with Crippen molar-refractivity contribution in [2.45, 2.75) is 20.3 Å². The molecule has 0 saturated carbocycles. The second-order valence-electron chi connectivity index (χ2n) is 4.67. The van der Waals surface area contributed by atoms with Crippen molar-refractivity contribution in [1.29, 1.82) is 0 Å². The van der Waals surface area contributed by atoms with Crippen LogP contribution in [0.1, 0.15) is 18.1 Å². The Morgan fingerprint density at radius 2 is 2.00 bits per heavy atom. The molecule has 2 rings (SSSR count). The predicted octanol–water partition coefficient (Wildman–Crippen LogP) is 5.16. The summed E-state index contributed by atoms with van der Waals surface area (Å²) >= 11 is 11.1. The monoisotopic (exact) mass is 322 g/mol. The van der Waals surface area contributed by atoms with E-state index in [4.69, 9.17) is 23.8 Å². The largest absolute Gasteiger partial charge is 0.332 e. The lowest BCUT2D eigenvalue weighted by molar-refractivity contribution is 0.628. The van der Waals surface area contributed by atoms with Gasteiger partial charge in [-0.1, -0.05) is 36.7 Å². The van der Waals surface area contributed by atoms with Crippen LogP contribution in [-0.2, 0) is 6.42 Å². The minimum Gasteiger partial charge on any atom is -0.332 e. The Bertz CT molecular complexity index is 673. The molecule has 0 amide bonds. The number of hydrogen-bond acceptors (Lipinski definition) is 1. The van der Waals surface area contributed by atoms with E-state index in [9.17, 15) is 4.39 Å². The van der Waals surface area contributed by atoms with Crippen molar-refractivity contribution in [3.8, 4) is 0 Å². The second-order valence-corrected chi connectivity index (χ2v) is 5.49. The number of thiocarbonyl (C=S) groups is 1. The Kier molecular flexibility index (Phi) is 5.15. The van der Waals surface area contributed by atoms with Gasteiger partial charge in [0.05, 0.1) is 5.02 Å². The molecule has 0 aromatic heterocycles. The van der Waals surface area contributed by atoms with Crippen molar-refractivity contribution in [2.24, 2.45) is 0 Å². The molecule has 110 valence electrons. The summed E-state index contributed by atoms with van der Waals surface area (Å²) in [7, 11) is 0. The number of nitrogens with one attached hydrogen (secondary N) is 2. The second kappa shape index (κ2) is 6.87. The van der Waals surface area contributed by atoms with E-state index in [2.05, 4.69) is 23.6 Å². The first kappa shape index (κ1) is 15.7. The third-order valence-electron chi connectivity index (χ3n) is 3.16. The molecule has 21 heavy (non-hydrogen) atoms. The van der Waals surface area contributed by atoms with Crippen molar-refractivity contribution < 1.29 is 4.39 Å². The van der Waals surface area contributed by atoms with E-state index in [1.54, 1.807) is 6.07 Å². The number of para-hydroxylation sites is 1. The lowest BCUT2D eigenvalue weighted by Gasteiger charge is -2.16. The van der Waals surface area contributed by atoms with Gasteiger partial charge in [-0.2, -0.15) is 0 Å². The third kappa shape index (κ3) is 3.93. The quantitative estimate of drug-likeness (QED) is 0.763. The number of aryl methyl sites for hydroxylation is 2. The minimum absolute atomic E-state index is 0.0629. The van der Waals surface area contributed by atoms with Gasteiger partial charge in [0, 0.05) is 11.4 Å². The maximum absolute atomic E-state index is 13.1. The first-order chi connectivity index (χ1) is 10.0. The van der Waals surface area contributed by atoms with Crippen molar-refractivity contribution >= 4 is 40.3 Å². The summed E-state index contributed by atoms with van der Waals surface area (Å²) in [5, 5.41) is 6.71. The average molecular weight is 323 g/mol. The van der Waals surface area contributed by atoms with Crippen LogP contribution in [0.15, 0.2) is 36.4 Å². The van der Waals surface area contributed by atoms with Crippen LogP contribution in [0, 0.1) is 12.7 Å². The lowest BCUT2D eigenvalue weighted by atomic mass is 10.1. The van der Waals surface area contributed by atoms with E-state index in [-0.39, 0.29) is 5.02 Å². The van der Waals surface area contributed by atoms with Crippen LogP contribution < -0.4 is 10.6 Å². The molecular formula is C16H16ClFN2S. The topological polar surface area (TPSA) is 24.1 Å². The minimum atomic E-state index is -0.451. The molecule has 5 heteroatoms. The van der Waals surface area contributed by atoms with Gasteiger partial charge in [0.25, 0.3) is 0 Å².